The van der Waals surface area contributed by atoms with Crippen LogP contribution in [-0.2, 0) is 77.0 Å². The molecular weight excluding hydrogens is 1510 g/mol. The van der Waals surface area contributed by atoms with Crippen molar-refractivity contribution in [2.45, 2.75) is 320 Å². The molecule has 0 fully saturated rings. The molecular formula is C112H138N12. The van der Waals surface area contributed by atoms with Gasteiger partial charge in [-0.1, -0.05) is 166 Å². The van der Waals surface area contributed by atoms with Crippen LogP contribution in [0.5, 0.6) is 0 Å². The van der Waals surface area contributed by atoms with E-state index in [0.717, 1.165) is 311 Å². The van der Waals surface area contributed by atoms with Crippen LogP contribution in [-0.4, -0.2) is 59.8 Å². The van der Waals surface area contributed by atoms with Crippen molar-refractivity contribution in [2.75, 3.05) is 0 Å². The van der Waals surface area contributed by atoms with Gasteiger partial charge < -0.3 is 29.9 Å². The third kappa shape index (κ3) is 14.7. The maximum atomic E-state index is 6.16. The number of aromatic nitrogens is 12. The molecule has 0 aromatic carbocycles. The third-order valence-electron chi connectivity index (χ3n) is 28.4. The van der Waals surface area contributed by atoms with E-state index in [0.29, 0.717) is 0 Å². The Balaban J connectivity index is 1.08. The lowest BCUT2D eigenvalue weighted by molar-refractivity contribution is 1.07. The Labute approximate surface area is 738 Å². The van der Waals surface area contributed by atoms with E-state index < -0.39 is 0 Å². The minimum absolute atomic E-state index is 0.800. The second kappa shape index (κ2) is 37.2. The van der Waals surface area contributed by atoms with Crippen LogP contribution in [0.4, 0.5) is 0 Å². The number of allylic oxidation sites excluding steroid dienone is 12. The summed E-state index contributed by atoms with van der Waals surface area (Å²) < 4.78 is 0. The average molecular weight is 1650 g/mol. The van der Waals surface area contributed by atoms with Crippen LogP contribution in [0.3, 0.4) is 0 Å². The lowest BCUT2D eigenvalue weighted by Gasteiger charge is -2.09. The summed E-state index contributed by atoms with van der Waals surface area (Å²) in [4.78, 5) is 60.8. The summed E-state index contributed by atoms with van der Waals surface area (Å²) in [5.74, 6) is 0. The van der Waals surface area contributed by atoms with Gasteiger partial charge in [-0.25, -0.2) is 29.9 Å². The van der Waals surface area contributed by atoms with E-state index in [4.69, 9.17) is 29.9 Å². The minimum Gasteiger partial charge on any atom is -0.355 e. The van der Waals surface area contributed by atoms with Gasteiger partial charge in [0.15, 0.2) is 0 Å². The first-order chi connectivity index (χ1) is 60.4. The Morgan fingerprint density at radius 2 is 0.298 bits per heavy atom. The molecule has 24 bridgehead atoms. The fourth-order valence-electron chi connectivity index (χ4n) is 22.8. The first-order valence-corrected chi connectivity index (χ1v) is 48.6. The highest BCUT2D eigenvalue weighted by molar-refractivity contribution is 6.07. The van der Waals surface area contributed by atoms with E-state index in [9.17, 15) is 0 Å². The van der Waals surface area contributed by atoms with Gasteiger partial charge in [-0.15, -0.1) is 0 Å². The Kier molecular flexibility index (Phi) is 26.5. The molecule has 9 aromatic heterocycles. The zero-order valence-corrected chi connectivity index (χ0v) is 79.6. The normalized spacial score (nSPS) is 14.0. The van der Waals surface area contributed by atoms with Crippen LogP contribution >= 0.6 is 0 Å². The molecule has 0 saturated carbocycles. The number of H-pyrrole nitrogens is 6. The molecule has 15 rings (SSSR count). The molecule has 6 aliphatic rings. The fraction of sp³-hybridized carbons (Fsp3) is 0.429. The topological polar surface area (TPSA) is 172 Å². The molecule has 0 atom stereocenters. The number of rotatable bonds is 28. The molecule has 0 amide bonds. The Morgan fingerprint density at radius 1 is 0.161 bits per heavy atom. The molecule has 0 saturated heterocycles. The molecule has 646 valence electrons. The smallest absolute Gasteiger partial charge is 0.0765 e. The van der Waals surface area contributed by atoms with Crippen molar-refractivity contribution in [3.8, 4) is 0 Å². The van der Waals surface area contributed by atoms with Gasteiger partial charge in [-0.05, 0) is 361 Å². The quantitative estimate of drug-likeness (QED) is 0.0285. The summed E-state index contributed by atoms with van der Waals surface area (Å²) in [7, 11) is 0. The van der Waals surface area contributed by atoms with E-state index in [2.05, 4.69) is 269 Å². The lowest BCUT2D eigenvalue weighted by Crippen LogP contribution is -1.94. The van der Waals surface area contributed by atoms with Crippen LogP contribution in [0.25, 0.3) is 157 Å². The summed E-state index contributed by atoms with van der Waals surface area (Å²) in [6.07, 6.45) is 30.3. The second-order valence-corrected chi connectivity index (χ2v) is 34.2. The van der Waals surface area contributed by atoms with Gasteiger partial charge in [0.2, 0.25) is 0 Å². The zero-order chi connectivity index (χ0) is 88.0. The Bertz CT molecular complexity index is 6240. The number of fused-ring (bicyclic) bond motifs is 24. The summed E-state index contributed by atoms with van der Waals surface area (Å²) in [6, 6.07) is 19.1. The summed E-state index contributed by atoms with van der Waals surface area (Å²) >= 11 is 0. The Hall–Kier alpha value is -10.7. The van der Waals surface area contributed by atoms with Crippen LogP contribution in [0.2, 0.25) is 0 Å². The first-order valence-electron chi connectivity index (χ1n) is 48.6. The maximum Gasteiger partial charge on any atom is 0.0765 e. The predicted octanol–water partition coefficient (Wildman–Crippen LogP) is 31.0. The van der Waals surface area contributed by atoms with Gasteiger partial charge >= 0.3 is 0 Å². The molecule has 6 aliphatic heterocycles. The van der Waals surface area contributed by atoms with Crippen molar-refractivity contribution in [3.05, 3.63) is 206 Å². The fourth-order valence-corrected chi connectivity index (χ4v) is 22.8. The van der Waals surface area contributed by atoms with Crippen molar-refractivity contribution in [2.24, 2.45) is 0 Å². The van der Waals surface area contributed by atoms with Crippen molar-refractivity contribution < 1.29 is 0 Å². The first kappa shape index (κ1) is 88.2. The van der Waals surface area contributed by atoms with Gasteiger partial charge in [0.05, 0.1) is 90.4 Å². The van der Waals surface area contributed by atoms with Crippen LogP contribution in [0.1, 0.15) is 401 Å². The molecule has 12 nitrogen and oxygen atoms in total. The SMILES string of the molecule is CCC1=C(CC)c2cc3[nH]c(c(/C=C/c4c5nc(cc6[nH]c(c(/C=C/c7c8nc(cc9[nH]c(cc%10nc(cc%11[nH]c7c(CC)c%11CC)C(CC)=C%10CC)c(CC)c9CC)C(CC)=C8CC)c7nc(cc8[nH]c4c(CC)c8CC)C(CC)=C7CC)c(CC)c6CC)C(CC)=C5CC)c4nc(cc5[nH]c(cc1n2)c(CC)c5CC)C(CC)=C4CC)c(CC)c3CC. The molecule has 9 aromatic rings. The van der Waals surface area contributed by atoms with E-state index in [1.54, 1.807) is 0 Å². The van der Waals surface area contributed by atoms with E-state index in [1.807, 2.05) is 0 Å². The molecule has 0 spiro atoms. The molecule has 15 heterocycles. The number of nitrogens with one attached hydrogen (secondary N) is 6. The van der Waals surface area contributed by atoms with Crippen LogP contribution < -0.4 is 0 Å². The van der Waals surface area contributed by atoms with E-state index >= 15 is 0 Å². The largest absolute Gasteiger partial charge is 0.355 e. The van der Waals surface area contributed by atoms with Crippen LogP contribution in [0.15, 0.2) is 48.5 Å². The highest BCUT2D eigenvalue weighted by atomic mass is 14.9. The van der Waals surface area contributed by atoms with Gasteiger partial charge in [0, 0.05) is 66.4 Å². The predicted molar refractivity (Wildman–Crippen MR) is 538 cm³/mol. The number of hydrogen-bond acceptors (Lipinski definition) is 6. The van der Waals surface area contributed by atoms with Crippen molar-refractivity contribution in [3.63, 3.8) is 0 Å². The van der Waals surface area contributed by atoms with Gasteiger partial charge in [-0.3, -0.25) is 0 Å². The van der Waals surface area contributed by atoms with Crippen molar-refractivity contribution in [1.29, 1.82) is 0 Å². The van der Waals surface area contributed by atoms with E-state index in [-0.39, 0.29) is 0 Å². The standard InChI is InChI=1S/C112H138N12/c1-25-61-65(29-5)93-55-97-69(33-9)77(41-17)105(117-97)85(106-78(42-18)70(34-10)98(118-106)56-94-66(30-6)62(26-2)90(114-94)53-89(61)113-93)49-51-87-109-81(45-21)73(37-13)101(121-109)59-103-75(39-15)83(47-23)111(123-103)88(112-84(48-24)76(40-16)104(124-112)60-102-74(38-14)82(46-22)110(87)122-102)52-50-86-107-79(43-19)71(35-11)99(119-107)57-95-67(31-7)63(27-3)91(115-95)54-92-64(28-4)68(32-8)96(116-92)58-100-72(36-12)80(44-20)108(86)120-100/h49-60,113,115,118,120-121,124H,25-48H2,1-24H3/b51-49+,52-50+,89-53?,90-53?,91-54?,92-54?,93-55?,94-56?,95-57?,96-58?,97-55?,98-56?,99-57?,100-58?,101-59?,102-60?,103-59?,104-60?,105-85?,106-85?,107-86?,108-86?,109-87?,110-87?,111-88?,112-88?. The molecule has 124 heavy (non-hydrogen) atoms. The number of hydrogen-bond donors (Lipinski definition) is 6. The summed E-state index contributed by atoms with van der Waals surface area (Å²) in [6.45, 7) is 55.8. The maximum absolute atomic E-state index is 6.16. The van der Waals surface area contributed by atoms with Crippen molar-refractivity contribution >= 4 is 157 Å². The van der Waals surface area contributed by atoms with Gasteiger partial charge in [0.1, 0.15) is 0 Å². The molecule has 12 heteroatoms. The number of nitrogens with zero attached hydrogens (tertiary/aromatic N) is 6. The highest BCUT2D eigenvalue weighted by Crippen LogP contribution is 2.48. The zero-order valence-electron chi connectivity index (χ0n) is 79.6. The number of aromatic amines is 6. The van der Waals surface area contributed by atoms with Crippen molar-refractivity contribution in [1.82, 2.24) is 59.8 Å². The highest BCUT2D eigenvalue weighted by Gasteiger charge is 2.32. The second-order valence-electron chi connectivity index (χ2n) is 34.2. The lowest BCUT2D eigenvalue weighted by atomic mass is 9.93. The average Bonchev–Trinajstić information content (AvgIpc) is 1.60. The Morgan fingerprint density at radius 3 is 0.452 bits per heavy atom. The van der Waals surface area contributed by atoms with Crippen LogP contribution in [0, 0.1) is 0 Å². The molecule has 0 radical (unpaired) electrons. The number of aryl methyl sites for hydroxylation is 12. The summed E-state index contributed by atoms with van der Waals surface area (Å²) in [5.41, 5.74) is 61.7. The van der Waals surface area contributed by atoms with E-state index in [1.165, 1.54) is 134 Å². The molecule has 0 aliphatic carbocycles. The molecule has 6 N–H and O–H groups in total. The minimum atomic E-state index is 0.800. The summed E-state index contributed by atoms with van der Waals surface area (Å²) in [5, 5.41) is 0. The third-order valence-corrected chi connectivity index (χ3v) is 28.4. The van der Waals surface area contributed by atoms with Gasteiger partial charge in [0.25, 0.3) is 0 Å². The molecule has 0 unspecified atom stereocenters. The monoisotopic (exact) mass is 1650 g/mol. The van der Waals surface area contributed by atoms with Gasteiger partial charge in [-0.2, -0.15) is 0 Å².